The van der Waals surface area contributed by atoms with Crippen molar-refractivity contribution in [2.75, 3.05) is 0 Å². The van der Waals surface area contributed by atoms with E-state index in [0.717, 1.165) is 72.5 Å². The van der Waals surface area contributed by atoms with Crippen molar-refractivity contribution in [2.24, 2.45) is 0 Å². The maximum absolute atomic E-state index is 12.4. The van der Waals surface area contributed by atoms with Gasteiger partial charge < -0.3 is 5.11 Å². The van der Waals surface area contributed by atoms with Crippen molar-refractivity contribution in [3.63, 3.8) is 0 Å². The van der Waals surface area contributed by atoms with Gasteiger partial charge in [0.05, 0.1) is 22.3 Å². The fraction of sp³-hybridized carbons (Fsp3) is 0.213. The second-order valence-corrected chi connectivity index (χ2v) is 18.9. The standard InChI is InChI=1S/C61H59N3O/c1-38(2)44-34-53(40(5)6)59(65)54(35-44)60-63-58-49(24-18-26-57(58)64(60)48-27-28-50(52(37-48)39(3)4)51-23-16-17-25-55(51)61(7,8)9)46-31-45(42-21-14-11-15-22-42)32-47(33-46)56-36-43(29-30-62-56)41-19-12-10-13-20-41/h10-40,65H,1-9H3/i38D,39D,40D. The lowest BCUT2D eigenvalue weighted by molar-refractivity contribution is 0.466. The van der Waals surface area contributed by atoms with Gasteiger partial charge in [0.15, 0.2) is 0 Å². The van der Waals surface area contributed by atoms with E-state index in [2.05, 4.69) is 141 Å². The highest BCUT2D eigenvalue weighted by atomic mass is 16.3. The van der Waals surface area contributed by atoms with Crippen LogP contribution in [0.25, 0.3) is 83.9 Å². The molecule has 2 heterocycles. The van der Waals surface area contributed by atoms with Gasteiger partial charge in [-0.15, -0.1) is 0 Å². The molecule has 0 amide bonds. The van der Waals surface area contributed by atoms with Gasteiger partial charge in [0, 0.05) is 27.1 Å². The summed E-state index contributed by atoms with van der Waals surface area (Å²) in [7, 11) is 0. The number of fused-ring (bicyclic) bond motifs is 1. The van der Waals surface area contributed by atoms with Crippen LogP contribution in [0.2, 0.25) is 0 Å². The number of benzene rings is 7. The maximum Gasteiger partial charge on any atom is 0.149 e. The van der Waals surface area contributed by atoms with Crippen LogP contribution < -0.4 is 0 Å². The Kier molecular flexibility index (Phi) is 10.6. The lowest BCUT2D eigenvalue weighted by Gasteiger charge is -2.25. The molecule has 4 nitrogen and oxygen atoms in total. The molecule has 1 N–H and O–H groups in total. The normalized spacial score (nSPS) is 13.1. The van der Waals surface area contributed by atoms with Gasteiger partial charge in [-0.2, -0.15) is 0 Å². The molecular formula is C61H59N3O. The molecule has 65 heavy (non-hydrogen) atoms. The highest BCUT2D eigenvalue weighted by Crippen LogP contribution is 2.45. The number of phenols is 1. The van der Waals surface area contributed by atoms with Crippen LogP contribution in [0.4, 0.5) is 0 Å². The van der Waals surface area contributed by atoms with E-state index in [4.69, 9.17) is 9.97 Å². The van der Waals surface area contributed by atoms with Gasteiger partial charge >= 0.3 is 0 Å². The molecule has 0 unspecified atom stereocenters. The maximum atomic E-state index is 12.4. The molecule has 0 spiro atoms. The second-order valence-electron chi connectivity index (χ2n) is 18.9. The molecule has 0 radical (unpaired) electrons. The molecule has 2 aromatic heterocycles. The molecule has 0 aliphatic carbocycles. The Morgan fingerprint density at radius 2 is 1.14 bits per heavy atom. The van der Waals surface area contributed by atoms with Gasteiger partial charge in [0.25, 0.3) is 0 Å². The van der Waals surface area contributed by atoms with E-state index in [1.165, 1.54) is 5.56 Å². The zero-order valence-electron chi connectivity index (χ0n) is 42.0. The molecule has 9 rings (SSSR count). The van der Waals surface area contributed by atoms with Gasteiger partial charge in [-0.05, 0) is 139 Å². The molecular weight excluding hydrogens is 791 g/mol. The predicted molar refractivity (Wildman–Crippen MR) is 274 cm³/mol. The monoisotopic (exact) mass is 852 g/mol. The smallest absolute Gasteiger partial charge is 0.149 e. The number of nitrogens with zero attached hydrogens (tertiary/aromatic N) is 3. The quantitative estimate of drug-likeness (QED) is 0.149. The topological polar surface area (TPSA) is 50.9 Å². The number of rotatable bonds is 10. The summed E-state index contributed by atoms with van der Waals surface area (Å²) >= 11 is 0. The van der Waals surface area contributed by atoms with E-state index in [0.29, 0.717) is 28.0 Å². The third kappa shape index (κ3) is 8.42. The number of imidazole rings is 1. The van der Waals surface area contributed by atoms with Crippen molar-refractivity contribution in [3.8, 4) is 78.6 Å². The first-order valence-electron chi connectivity index (χ1n) is 24.0. The predicted octanol–water partition coefficient (Wildman–Crippen LogP) is 16.8. The lowest BCUT2D eigenvalue weighted by atomic mass is 9.80. The van der Waals surface area contributed by atoms with Crippen LogP contribution >= 0.6 is 0 Å². The Morgan fingerprint density at radius 3 is 1.82 bits per heavy atom. The van der Waals surface area contributed by atoms with Gasteiger partial charge in [0.1, 0.15) is 11.6 Å². The van der Waals surface area contributed by atoms with E-state index >= 15 is 0 Å². The molecule has 9 aromatic rings. The van der Waals surface area contributed by atoms with Crippen LogP contribution in [-0.2, 0) is 5.41 Å². The lowest BCUT2D eigenvalue weighted by Crippen LogP contribution is -2.13. The minimum Gasteiger partial charge on any atom is -0.507 e. The summed E-state index contributed by atoms with van der Waals surface area (Å²) < 4.78 is 30.0. The SMILES string of the molecule is [2H]C(C)(C)c1cc(-c2nc3c(-c4cc(-c5ccccc5)cc(-c5cc(-c6ccccc6)ccn5)c4)cccc3n2-c2ccc(-c3ccccc3C(C)(C)C)c(C([2H])(C)C)c2)c(O)c(C([2H])(C)C)c1. The third-order valence-electron chi connectivity index (χ3n) is 12.5. The summed E-state index contributed by atoms with van der Waals surface area (Å²) in [5.41, 5.74) is 15.6. The Bertz CT molecular complexity index is 3330. The minimum absolute atomic E-state index is 0.0504. The highest BCUT2D eigenvalue weighted by Gasteiger charge is 2.26. The Hall–Kier alpha value is -7.04. The summed E-state index contributed by atoms with van der Waals surface area (Å²) in [6.07, 6.45) is 1.87. The molecule has 4 heteroatoms. The largest absolute Gasteiger partial charge is 0.507 e. The number of phenolic OH excluding ortho intramolecular Hbond substituents is 1. The van der Waals surface area contributed by atoms with Crippen LogP contribution in [0.15, 0.2) is 170 Å². The van der Waals surface area contributed by atoms with E-state index in [1.807, 2.05) is 76.4 Å². The summed E-state index contributed by atoms with van der Waals surface area (Å²) in [4.78, 5) is 10.5. The molecule has 0 saturated heterocycles. The first kappa shape index (κ1) is 39.5. The van der Waals surface area contributed by atoms with Crippen molar-refractivity contribution in [3.05, 3.63) is 192 Å². The first-order valence-corrected chi connectivity index (χ1v) is 22.5. The average Bonchev–Trinajstić information content (AvgIpc) is 3.70. The zero-order valence-corrected chi connectivity index (χ0v) is 39.0. The van der Waals surface area contributed by atoms with Crippen LogP contribution in [0, 0.1) is 0 Å². The van der Waals surface area contributed by atoms with Crippen molar-refractivity contribution < 1.29 is 9.22 Å². The summed E-state index contributed by atoms with van der Waals surface area (Å²) in [6.45, 7) is 17.7. The summed E-state index contributed by atoms with van der Waals surface area (Å²) in [6, 6.07) is 56.1. The molecule has 0 bridgehead atoms. The van der Waals surface area contributed by atoms with E-state index in [9.17, 15) is 9.22 Å². The fourth-order valence-electron chi connectivity index (χ4n) is 9.07. The van der Waals surface area contributed by atoms with Gasteiger partial charge in [-0.25, -0.2) is 4.98 Å². The van der Waals surface area contributed by atoms with Crippen LogP contribution in [0.1, 0.15) is 106 Å². The molecule has 324 valence electrons. The molecule has 0 aliphatic rings. The average molecular weight is 853 g/mol. The van der Waals surface area contributed by atoms with Crippen molar-refractivity contribution in [1.29, 1.82) is 0 Å². The molecule has 0 saturated carbocycles. The van der Waals surface area contributed by atoms with Crippen molar-refractivity contribution in [2.45, 2.75) is 85.4 Å². The number of aromatic hydroxyl groups is 1. The second kappa shape index (κ2) is 17.5. The number of para-hydroxylation sites is 1. The van der Waals surface area contributed by atoms with Gasteiger partial charge in [-0.3, -0.25) is 9.55 Å². The minimum atomic E-state index is -1.19. The summed E-state index contributed by atoms with van der Waals surface area (Å²) in [5, 5.41) is 12.4. The fourth-order valence-corrected chi connectivity index (χ4v) is 9.07. The van der Waals surface area contributed by atoms with Gasteiger partial charge in [0.2, 0.25) is 0 Å². The Balaban J connectivity index is 1.35. The highest BCUT2D eigenvalue weighted by molar-refractivity contribution is 5.98. The first-order chi connectivity index (χ1) is 32.2. The number of hydrogen-bond donors (Lipinski definition) is 1. The molecule has 0 atom stereocenters. The van der Waals surface area contributed by atoms with Crippen LogP contribution in [-0.4, -0.2) is 19.6 Å². The molecule has 7 aromatic carbocycles. The van der Waals surface area contributed by atoms with Crippen LogP contribution in [0.3, 0.4) is 0 Å². The molecule has 0 fully saturated rings. The van der Waals surface area contributed by atoms with Crippen molar-refractivity contribution >= 4 is 11.0 Å². The third-order valence-corrected chi connectivity index (χ3v) is 12.5. The van der Waals surface area contributed by atoms with E-state index < -0.39 is 17.7 Å². The van der Waals surface area contributed by atoms with Crippen molar-refractivity contribution in [1.82, 2.24) is 14.5 Å². The number of pyridine rings is 1. The molecule has 0 aliphatic heterocycles. The van der Waals surface area contributed by atoms with E-state index in [1.54, 1.807) is 19.9 Å². The zero-order chi connectivity index (χ0) is 48.3. The Labute approximate surface area is 389 Å². The number of aromatic nitrogens is 3. The van der Waals surface area contributed by atoms with Gasteiger partial charge in [-0.1, -0.05) is 172 Å². The van der Waals surface area contributed by atoms with E-state index in [-0.39, 0.29) is 11.2 Å². The summed E-state index contributed by atoms with van der Waals surface area (Å²) in [5.74, 6) is -2.82. The number of hydrogen-bond acceptors (Lipinski definition) is 3. The van der Waals surface area contributed by atoms with Crippen LogP contribution in [0.5, 0.6) is 5.75 Å². The Morgan fingerprint density at radius 1 is 0.508 bits per heavy atom.